The van der Waals surface area contributed by atoms with Crippen LogP contribution >= 0.6 is 0 Å². The van der Waals surface area contributed by atoms with E-state index in [-0.39, 0.29) is 5.82 Å². The Morgan fingerprint density at radius 3 is 2.71 bits per heavy atom. The van der Waals surface area contributed by atoms with Gasteiger partial charge in [-0.3, -0.25) is 0 Å². The number of hydrogen-bond donors (Lipinski definition) is 2. The Labute approximate surface area is 103 Å². The summed E-state index contributed by atoms with van der Waals surface area (Å²) in [5.74, 6) is -0.155. The van der Waals surface area contributed by atoms with E-state index >= 15 is 0 Å². The molecule has 2 rings (SSSR count). The molecule has 17 heavy (non-hydrogen) atoms. The number of benzene rings is 1. The van der Waals surface area contributed by atoms with Crippen molar-refractivity contribution in [1.82, 2.24) is 10.6 Å². The lowest BCUT2D eigenvalue weighted by molar-refractivity contribution is 0.130. The molecule has 0 unspecified atom stereocenters. The topological polar surface area (TPSA) is 24.1 Å². The summed E-state index contributed by atoms with van der Waals surface area (Å²) in [7, 11) is 2.01. The third kappa shape index (κ3) is 3.27. The summed E-state index contributed by atoms with van der Waals surface area (Å²) in [6.45, 7) is 2.84. The molecular formula is C14H21FN2. The minimum atomic E-state index is -0.155. The van der Waals surface area contributed by atoms with Gasteiger partial charge in [0.05, 0.1) is 0 Å². The highest BCUT2D eigenvalue weighted by atomic mass is 19.1. The number of hydrogen-bond acceptors (Lipinski definition) is 2. The maximum absolute atomic E-state index is 13.0. The smallest absolute Gasteiger partial charge is 0.123 e. The molecule has 0 heterocycles. The summed E-state index contributed by atoms with van der Waals surface area (Å²) in [6.07, 6.45) is 3.93. The lowest BCUT2D eigenvalue weighted by Crippen LogP contribution is -2.46. The molecule has 0 amide bonds. The Bertz CT molecular complexity index is 361. The van der Waals surface area contributed by atoms with Crippen LogP contribution in [-0.2, 0) is 6.54 Å². The largest absolute Gasteiger partial charge is 0.319 e. The van der Waals surface area contributed by atoms with Gasteiger partial charge in [-0.25, -0.2) is 4.39 Å². The van der Waals surface area contributed by atoms with Crippen LogP contribution in [0.3, 0.4) is 0 Å². The third-order valence-electron chi connectivity index (χ3n) is 3.68. The van der Waals surface area contributed by atoms with Gasteiger partial charge in [0.1, 0.15) is 5.82 Å². The van der Waals surface area contributed by atoms with Gasteiger partial charge in [-0.2, -0.15) is 0 Å². The van der Waals surface area contributed by atoms with E-state index in [9.17, 15) is 4.39 Å². The fourth-order valence-corrected chi connectivity index (χ4v) is 2.59. The number of nitrogens with one attached hydrogen (secondary N) is 2. The molecular weight excluding hydrogens is 215 g/mol. The van der Waals surface area contributed by atoms with Crippen molar-refractivity contribution in [2.24, 2.45) is 5.41 Å². The summed E-state index contributed by atoms with van der Waals surface area (Å²) in [5.41, 5.74) is 1.45. The molecule has 0 spiro atoms. The molecule has 2 N–H and O–H groups in total. The highest BCUT2D eigenvalue weighted by molar-refractivity contribution is 5.16. The Kier molecular flexibility index (Phi) is 4.13. The normalized spacial score (nSPS) is 17.8. The summed E-state index contributed by atoms with van der Waals surface area (Å²) < 4.78 is 13.0. The molecule has 1 saturated carbocycles. The van der Waals surface area contributed by atoms with Crippen LogP contribution in [0, 0.1) is 11.2 Å². The second-order valence-electron chi connectivity index (χ2n) is 5.12. The first-order chi connectivity index (χ1) is 8.24. The molecule has 1 fully saturated rings. The molecule has 0 radical (unpaired) electrons. The van der Waals surface area contributed by atoms with Crippen molar-refractivity contribution < 1.29 is 4.39 Å². The molecule has 1 aromatic rings. The Morgan fingerprint density at radius 2 is 2.12 bits per heavy atom. The zero-order valence-electron chi connectivity index (χ0n) is 10.4. The van der Waals surface area contributed by atoms with Gasteiger partial charge in [-0.1, -0.05) is 18.6 Å². The molecule has 94 valence electrons. The standard InChI is InChI=1S/C14H21FN2/c1-16-10-14(6-3-7-14)11-17-9-12-4-2-5-13(15)8-12/h2,4-5,8,16-17H,3,6-7,9-11H2,1H3. The molecule has 1 aliphatic rings. The lowest BCUT2D eigenvalue weighted by Gasteiger charge is -2.42. The second-order valence-corrected chi connectivity index (χ2v) is 5.12. The van der Waals surface area contributed by atoms with Gasteiger partial charge in [0.15, 0.2) is 0 Å². The predicted octanol–water partition coefficient (Wildman–Crippen LogP) is 2.30. The summed E-state index contributed by atoms with van der Waals surface area (Å²) in [6, 6.07) is 6.80. The maximum Gasteiger partial charge on any atom is 0.123 e. The molecule has 2 nitrogen and oxygen atoms in total. The van der Waals surface area contributed by atoms with Crippen molar-refractivity contribution in [3.05, 3.63) is 35.6 Å². The minimum absolute atomic E-state index is 0.155. The van der Waals surface area contributed by atoms with E-state index < -0.39 is 0 Å². The van der Waals surface area contributed by atoms with Crippen molar-refractivity contribution in [3.8, 4) is 0 Å². The van der Waals surface area contributed by atoms with E-state index in [0.29, 0.717) is 5.41 Å². The quantitative estimate of drug-likeness (QED) is 0.792. The molecule has 1 aromatic carbocycles. The summed E-state index contributed by atoms with van der Waals surface area (Å²) in [5, 5.41) is 6.72. The minimum Gasteiger partial charge on any atom is -0.319 e. The Balaban J connectivity index is 1.79. The lowest BCUT2D eigenvalue weighted by atomic mass is 9.68. The highest BCUT2D eigenvalue weighted by Crippen LogP contribution is 2.39. The van der Waals surface area contributed by atoms with Gasteiger partial charge in [0, 0.05) is 19.6 Å². The molecule has 3 heteroatoms. The van der Waals surface area contributed by atoms with E-state index in [2.05, 4.69) is 10.6 Å². The van der Waals surface area contributed by atoms with Crippen molar-refractivity contribution >= 4 is 0 Å². The first-order valence-corrected chi connectivity index (χ1v) is 6.34. The van der Waals surface area contributed by atoms with E-state index in [1.165, 1.54) is 25.3 Å². The third-order valence-corrected chi connectivity index (χ3v) is 3.68. The molecule has 0 saturated heterocycles. The van der Waals surface area contributed by atoms with E-state index in [1.807, 2.05) is 13.1 Å². The fraction of sp³-hybridized carbons (Fsp3) is 0.571. The summed E-state index contributed by atoms with van der Waals surface area (Å²) in [4.78, 5) is 0. The van der Waals surface area contributed by atoms with Crippen LogP contribution in [-0.4, -0.2) is 20.1 Å². The Morgan fingerprint density at radius 1 is 1.29 bits per heavy atom. The van der Waals surface area contributed by atoms with Gasteiger partial charge in [-0.15, -0.1) is 0 Å². The Hall–Kier alpha value is -0.930. The van der Waals surface area contributed by atoms with Crippen molar-refractivity contribution in [2.45, 2.75) is 25.8 Å². The second kappa shape index (κ2) is 5.61. The molecule has 0 bridgehead atoms. The average Bonchev–Trinajstić information content (AvgIpc) is 2.26. The van der Waals surface area contributed by atoms with Gasteiger partial charge in [0.2, 0.25) is 0 Å². The fourth-order valence-electron chi connectivity index (χ4n) is 2.59. The summed E-state index contributed by atoms with van der Waals surface area (Å²) >= 11 is 0. The van der Waals surface area contributed by atoms with Crippen LogP contribution < -0.4 is 10.6 Å². The molecule has 0 atom stereocenters. The monoisotopic (exact) mass is 236 g/mol. The van der Waals surface area contributed by atoms with Crippen LogP contribution in [0.15, 0.2) is 24.3 Å². The highest BCUT2D eigenvalue weighted by Gasteiger charge is 2.35. The van der Waals surface area contributed by atoms with Crippen LogP contribution in [0.5, 0.6) is 0 Å². The molecule has 0 aliphatic heterocycles. The van der Waals surface area contributed by atoms with Gasteiger partial charge < -0.3 is 10.6 Å². The van der Waals surface area contributed by atoms with Gasteiger partial charge >= 0.3 is 0 Å². The number of halogens is 1. The molecule has 1 aliphatic carbocycles. The molecule has 0 aromatic heterocycles. The van der Waals surface area contributed by atoms with Crippen LogP contribution in [0.2, 0.25) is 0 Å². The van der Waals surface area contributed by atoms with Gasteiger partial charge in [-0.05, 0) is 43.0 Å². The van der Waals surface area contributed by atoms with E-state index in [4.69, 9.17) is 0 Å². The van der Waals surface area contributed by atoms with Crippen molar-refractivity contribution in [3.63, 3.8) is 0 Å². The maximum atomic E-state index is 13.0. The first-order valence-electron chi connectivity index (χ1n) is 6.34. The van der Waals surface area contributed by atoms with Crippen LogP contribution in [0.4, 0.5) is 4.39 Å². The zero-order valence-corrected chi connectivity index (χ0v) is 10.4. The SMILES string of the molecule is CNCC1(CNCc2cccc(F)c2)CCC1. The van der Waals surface area contributed by atoms with Crippen LogP contribution in [0.1, 0.15) is 24.8 Å². The van der Waals surface area contributed by atoms with E-state index in [1.54, 1.807) is 12.1 Å². The first kappa shape index (κ1) is 12.5. The zero-order chi connectivity index (χ0) is 12.1. The average molecular weight is 236 g/mol. The van der Waals surface area contributed by atoms with Gasteiger partial charge in [0.25, 0.3) is 0 Å². The van der Waals surface area contributed by atoms with Crippen molar-refractivity contribution in [2.75, 3.05) is 20.1 Å². The van der Waals surface area contributed by atoms with E-state index in [0.717, 1.165) is 25.2 Å². The van der Waals surface area contributed by atoms with Crippen molar-refractivity contribution in [1.29, 1.82) is 0 Å². The number of rotatable bonds is 6. The predicted molar refractivity (Wildman–Crippen MR) is 68.3 cm³/mol. The van der Waals surface area contributed by atoms with Crippen LogP contribution in [0.25, 0.3) is 0 Å².